The Balaban J connectivity index is 1.83. The first-order chi connectivity index (χ1) is 16.0. The molecule has 1 N–H and O–H groups in total. The fourth-order valence-corrected chi connectivity index (χ4v) is 6.21. The largest absolute Gasteiger partial charge is 0.322 e. The molecule has 4 rings (SSSR count). The maximum atomic E-state index is 13.9. The highest BCUT2D eigenvalue weighted by Gasteiger charge is 2.29. The molecule has 0 radical (unpaired) electrons. The summed E-state index contributed by atoms with van der Waals surface area (Å²) in [6.07, 6.45) is 0. The maximum absolute atomic E-state index is 13.9. The van der Waals surface area contributed by atoms with Crippen molar-refractivity contribution in [3.05, 3.63) is 110 Å². The van der Waals surface area contributed by atoms with Crippen LogP contribution in [0.25, 0.3) is 10.9 Å². The van der Waals surface area contributed by atoms with Gasteiger partial charge in [0.1, 0.15) is 5.82 Å². The van der Waals surface area contributed by atoms with E-state index in [1.165, 1.54) is 16.4 Å². The molecule has 1 heterocycles. The molecule has 0 saturated carbocycles. The molecule has 0 aliphatic carbocycles. The average Bonchev–Trinajstić information content (AvgIpc) is 2.74. The zero-order chi connectivity index (χ0) is 24.6. The van der Waals surface area contributed by atoms with Gasteiger partial charge in [-0.25, -0.2) is 12.8 Å². The molecule has 0 spiro atoms. The van der Waals surface area contributed by atoms with Crippen LogP contribution in [0.4, 0.5) is 4.39 Å². The fraction of sp³-hybridized carbons (Fsp3) is 0.222. The summed E-state index contributed by atoms with van der Waals surface area (Å²) in [6, 6.07) is 16.8. The first-order valence-corrected chi connectivity index (χ1v) is 12.4. The van der Waals surface area contributed by atoms with Gasteiger partial charge in [-0.3, -0.25) is 4.79 Å². The highest BCUT2D eigenvalue weighted by Crippen LogP contribution is 2.28. The lowest BCUT2D eigenvalue weighted by Crippen LogP contribution is -2.33. The van der Waals surface area contributed by atoms with E-state index in [4.69, 9.17) is 0 Å². The van der Waals surface area contributed by atoms with Crippen LogP contribution in [-0.4, -0.2) is 17.7 Å². The SMILES string of the molecule is Cc1cc(C)c(S(=O)(=O)N(Cc2ccc(F)cc2)Cc2cc3ccc(C)cc3[nH]c2=O)c(C)c1. The van der Waals surface area contributed by atoms with Crippen LogP contribution < -0.4 is 5.56 Å². The second-order valence-corrected chi connectivity index (χ2v) is 10.7. The van der Waals surface area contributed by atoms with E-state index in [0.29, 0.717) is 27.8 Å². The quantitative estimate of drug-likeness (QED) is 0.409. The van der Waals surface area contributed by atoms with Gasteiger partial charge in [-0.2, -0.15) is 4.31 Å². The van der Waals surface area contributed by atoms with E-state index in [2.05, 4.69) is 4.98 Å². The van der Waals surface area contributed by atoms with Crippen molar-refractivity contribution in [3.8, 4) is 0 Å². The third-order valence-electron chi connectivity index (χ3n) is 5.90. The summed E-state index contributed by atoms with van der Waals surface area (Å²) in [7, 11) is -3.98. The topological polar surface area (TPSA) is 70.2 Å². The molecule has 0 bridgehead atoms. The first kappa shape index (κ1) is 23.9. The molecule has 0 amide bonds. The zero-order valence-corrected chi connectivity index (χ0v) is 20.5. The van der Waals surface area contributed by atoms with Crippen LogP contribution in [-0.2, 0) is 23.1 Å². The number of H-pyrrole nitrogens is 1. The highest BCUT2D eigenvalue weighted by molar-refractivity contribution is 7.89. The minimum Gasteiger partial charge on any atom is -0.322 e. The van der Waals surface area contributed by atoms with Gasteiger partial charge in [0.15, 0.2) is 0 Å². The number of fused-ring (bicyclic) bond motifs is 1. The van der Waals surface area contributed by atoms with Crippen LogP contribution in [0.2, 0.25) is 0 Å². The summed E-state index contributed by atoms with van der Waals surface area (Å²) in [5.41, 5.74) is 4.60. The second kappa shape index (κ2) is 9.16. The molecular formula is C27H27FN2O3S. The molecule has 0 saturated heterocycles. The Morgan fingerprint density at radius 3 is 2.12 bits per heavy atom. The van der Waals surface area contributed by atoms with Crippen molar-refractivity contribution in [2.75, 3.05) is 0 Å². The van der Waals surface area contributed by atoms with Crippen LogP contribution in [0.1, 0.15) is 33.4 Å². The number of rotatable bonds is 6. The van der Waals surface area contributed by atoms with Gasteiger partial charge in [-0.1, -0.05) is 42.0 Å². The predicted molar refractivity (Wildman–Crippen MR) is 133 cm³/mol. The van der Waals surface area contributed by atoms with Crippen LogP contribution in [0.3, 0.4) is 0 Å². The number of aryl methyl sites for hydroxylation is 4. The Bertz CT molecular complexity index is 1520. The third-order valence-corrected chi connectivity index (χ3v) is 8.00. The number of nitrogens with zero attached hydrogens (tertiary/aromatic N) is 1. The van der Waals surface area contributed by atoms with Crippen LogP contribution >= 0.6 is 0 Å². The van der Waals surface area contributed by atoms with Crippen molar-refractivity contribution in [2.24, 2.45) is 0 Å². The number of hydrogen-bond donors (Lipinski definition) is 1. The highest BCUT2D eigenvalue weighted by atomic mass is 32.2. The van der Waals surface area contributed by atoms with Crippen molar-refractivity contribution in [1.82, 2.24) is 9.29 Å². The van der Waals surface area contributed by atoms with E-state index in [0.717, 1.165) is 16.5 Å². The van der Waals surface area contributed by atoms with Crippen LogP contribution in [0.5, 0.6) is 0 Å². The monoisotopic (exact) mass is 478 g/mol. The van der Waals surface area contributed by atoms with E-state index in [1.54, 1.807) is 32.0 Å². The molecule has 0 aliphatic rings. The average molecular weight is 479 g/mol. The standard InChI is InChI=1S/C27H27FN2O3S/c1-17-5-8-22-14-23(27(31)29-25(22)13-17)16-30(15-21-6-9-24(28)10-7-21)34(32,33)26-19(3)11-18(2)12-20(26)4/h5-14H,15-16H2,1-4H3,(H,29,31). The fourth-order valence-electron chi connectivity index (χ4n) is 4.39. The third kappa shape index (κ3) is 4.81. The maximum Gasteiger partial charge on any atom is 0.252 e. The Hall–Kier alpha value is -3.29. The molecule has 1 aromatic heterocycles. The number of halogens is 1. The van der Waals surface area contributed by atoms with E-state index < -0.39 is 15.8 Å². The Kier molecular flexibility index (Phi) is 6.43. The molecule has 7 heteroatoms. The molecule has 34 heavy (non-hydrogen) atoms. The lowest BCUT2D eigenvalue weighted by molar-refractivity contribution is 0.399. The van der Waals surface area contributed by atoms with E-state index >= 15 is 0 Å². The molecule has 4 aromatic rings. The van der Waals surface area contributed by atoms with Gasteiger partial charge in [0.2, 0.25) is 10.0 Å². The summed E-state index contributed by atoms with van der Waals surface area (Å²) in [5.74, 6) is -0.398. The summed E-state index contributed by atoms with van der Waals surface area (Å²) in [5, 5.41) is 0.821. The van der Waals surface area contributed by atoms with E-state index in [9.17, 15) is 17.6 Å². The minimum absolute atomic E-state index is 0.000739. The van der Waals surface area contributed by atoms with Gasteiger partial charge >= 0.3 is 0 Å². The Morgan fingerprint density at radius 1 is 0.824 bits per heavy atom. The number of pyridine rings is 1. The molecular weight excluding hydrogens is 451 g/mol. The molecule has 176 valence electrons. The molecule has 5 nitrogen and oxygen atoms in total. The summed E-state index contributed by atoms with van der Waals surface area (Å²) < 4.78 is 42.6. The smallest absolute Gasteiger partial charge is 0.252 e. The van der Waals surface area contributed by atoms with Gasteiger partial charge in [-0.05, 0) is 79.6 Å². The zero-order valence-electron chi connectivity index (χ0n) is 19.6. The van der Waals surface area contributed by atoms with Gasteiger partial charge < -0.3 is 4.98 Å². The molecule has 0 unspecified atom stereocenters. The second-order valence-electron chi connectivity index (χ2n) is 8.84. The number of benzene rings is 3. The van der Waals surface area contributed by atoms with Gasteiger partial charge in [0, 0.05) is 24.2 Å². The van der Waals surface area contributed by atoms with Crippen molar-refractivity contribution >= 4 is 20.9 Å². The summed E-state index contributed by atoms with van der Waals surface area (Å²) >= 11 is 0. The first-order valence-electron chi connectivity index (χ1n) is 11.0. The molecule has 3 aromatic carbocycles. The van der Waals surface area contributed by atoms with Crippen molar-refractivity contribution < 1.29 is 12.8 Å². The van der Waals surface area contributed by atoms with Crippen molar-refractivity contribution in [1.29, 1.82) is 0 Å². The summed E-state index contributed by atoms with van der Waals surface area (Å²) in [6.45, 7) is 7.28. The normalized spacial score (nSPS) is 11.9. The van der Waals surface area contributed by atoms with Gasteiger partial charge in [0.25, 0.3) is 5.56 Å². The number of sulfonamides is 1. The number of nitrogens with one attached hydrogen (secondary N) is 1. The van der Waals surface area contributed by atoms with Crippen molar-refractivity contribution in [3.63, 3.8) is 0 Å². The molecule has 0 aliphatic heterocycles. The number of aromatic nitrogens is 1. The number of hydrogen-bond acceptors (Lipinski definition) is 3. The number of aromatic amines is 1. The Morgan fingerprint density at radius 2 is 1.47 bits per heavy atom. The van der Waals surface area contributed by atoms with E-state index in [-0.39, 0.29) is 23.5 Å². The van der Waals surface area contributed by atoms with E-state index in [1.807, 2.05) is 44.2 Å². The van der Waals surface area contributed by atoms with Crippen LogP contribution in [0, 0.1) is 33.5 Å². The van der Waals surface area contributed by atoms with Crippen molar-refractivity contribution in [2.45, 2.75) is 45.7 Å². The Labute approximate surface area is 198 Å². The molecule has 0 atom stereocenters. The van der Waals surface area contributed by atoms with Gasteiger partial charge in [-0.15, -0.1) is 0 Å². The lowest BCUT2D eigenvalue weighted by atomic mass is 10.1. The molecule has 0 fully saturated rings. The lowest BCUT2D eigenvalue weighted by Gasteiger charge is -2.24. The van der Waals surface area contributed by atoms with Gasteiger partial charge in [0.05, 0.1) is 4.90 Å². The van der Waals surface area contributed by atoms with Crippen LogP contribution in [0.15, 0.2) is 70.4 Å². The summed E-state index contributed by atoms with van der Waals surface area (Å²) in [4.78, 5) is 16.0. The minimum atomic E-state index is -3.98. The predicted octanol–water partition coefficient (Wildman–Crippen LogP) is 5.29.